The number of carbonyl (C=O) groups is 1. The highest BCUT2D eigenvalue weighted by atomic mass is 16.5. The van der Waals surface area contributed by atoms with Crippen LogP contribution in [0.2, 0.25) is 0 Å². The fourth-order valence-electron chi connectivity index (χ4n) is 2.21. The molecule has 0 bridgehead atoms. The minimum Gasteiger partial charge on any atom is -0.497 e. The maximum atomic E-state index is 12.1. The Labute approximate surface area is 117 Å². The fraction of sp³-hybridized carbons (Fsp3) is 0.188. The quantitative estimate of drug-likeness (QED) is 0.932. The molecule has 0 saturated heterocycles. The number of hydrogen-bond acceptors (Lipinski definition) is 3. The molecule has 102 valence electrons. The molecule has 0 radical (unpaired) electrons. The molecule has 2 aromatic carbocycles. The predicted octanol–water partition coefficient (Wildman–Crippen LogP) is 2.88. The summed E-state index contributed by atoms with van der Waals surface area (Å²) in [6.45, 7) is 0.714. The number of amides is 1. The molecule has 3 rings (SSSR count). The number of anilines is 1. The molecule has 1 aliphatic rings. The largest absolute Gasteiger partial charge is 0.497 e. The third-order valence-electron chi connectivity index (χ3n) is 3.30. The maximum Gasteiger partial charge on any atom is 0.255 e. The minimum absolute atomic E-state index is 0.133. The van der Waals surface area contributed by atoms with Crippen molar-refractivity contribution < 1.29 is 14.3 Å². The first-order chi connectivity index (χ1) is 9.76. The van der Waals surface area contributed by atoms with Gasteiger partial charge in [0.2, 0.25) is 0 Å². The van der Waals surface area contributed by atoms with E-state index in [1.54, 1.807) is 31.4 Å². The van der Waals surface area contributed by atoms with Gasteiger partial charge in [-0.15, -0.1) is 0 Å². The smallest absolute Gasteiger partial charge is 0.255 e. The van der Waals surface area contributed by atoms with E-state index in [2.05, 4.69) is 5.32 Å². The van der Waals surface area contributed by atoms with Gasteiger partial charge in [-0.25, -0.2) is 0 Å². The summed E-state index contributed by atoms with van der Waals surface area (Å²) >= 11 is 0. The van der Waals surface area contributed by atoms with Gasteiger partial charge in [-0.2, -0.15) is 0 Å². The summed E-state index contributed by atoms with van der Waals surface area (Å²) in [5.41, 5.74) is 2.52. The van der Waals surface area contributed by atoms with Crippen LogP contribution in [-0.2, 0) is 6.42 Å². The first-order valence-corrected chi connectivity index (χ1v) is 6.47. The Hall–Kier alpha value is -2.49. The van der Waals surface area contributed by atoms with E-state index >= 15 is 0 Å². The molecule has 0 atom stereocenters. The summed E-state index contributed by atoms with van der Waals surface area (Å²) in [6.07, 6.45) is 0.890. The monoisotopic (exact) mass is 269 g/mol. The Morgan fingerprint density at radius 2 is 2.00 bits per heavy atom. The highest BCUT2D eigenvalue weighted by Crippen LogP contribution is 2.28. The van der Waals surface area contributed by atoms with Crippen molar-refractivity contribution in [3.63, 3.8) is 0 Å². The van der Waals surface area contributed by atoms with Crippen molar-refractivity contribution in [1.29, 1.82) is 0 Å². The van der Waals surface area contributed by atoms with Crippen LogP contribution in [0.5, 0.6) is 11.5 Å². The molecule has 1 aliphatic heterocycles. The molecule has 20 heavy (non-hydrogen) atoms. The topological polar surface area (TPSA) is 47.6 Å². The van der Waals surface area contributed by atoms with E-state index in [1.165, 1.54) is 0 Å². The predicted molar refractivity (Wildman–Crippen MR) is 76.6 cm³/mol. The molecule has 0 unspecified atom stereocenters. The van der Waals surface area contributed by atoms with Crippen molar-refractivity contribution >= 4 is 11.6 Å². The van der Waals surface area contributed by atoms with Crippen molar-refractivity contribution in [2.75, 3.05) is 19.0 Å². The summed E-state index contributed by atoms with van der Waals surface area (Å²) < 4.78 is 10.5. The number of carbonyl (C=O) groups excluding carboxylic acids is 1. The zero-order chi connectivity index (χ0) is 13.9. The van der Waals surface area contributed by atoms with Crippen LogP contribution in [0.15, 0.2) is 42.5 Å². The van der Waals surface area contributed by atoms with E-state index in [0.29, 0.717) is 12.2 Å². The third-order valence-corrected chi connectivity index (χ3v) is 3.30. The highest BCUT2D eigenvalue weighted by Gasteiger charge is 2.13. The summed E-state index contributed by atoms with van der Waals surface area (Å²) in [6, 6.07) is 12.7. The van der Waals surface area contributed by atoms with Crippen LogP contribution in [0.3, 0.4) is 0 Å². The van der Waals surface area contributed by atoms with Crippen molar-refractivity contribution in [2.45, 2.75) is 6.42 Å². The zero-order valence-electron chi connectivity index (χ0n) is 11.2. The van der Waals surface area contributed by atoms with E-state index in [0.717, 1.165) is 29.2 Å². The van der Waals surface area contributed by atoms with Gasteiger partial charge < -0.3 is 14.8 Å². The Kier molecular flexibility index (Phi) is 3.29. The molecule has 0 fully saturated rings. The first-order valence-electron chi connectivity index (χ1n) is 6.47. The molecule has 1 amide bonds. The van der Waals surface area contributed by atoms with Crippen LogP contribution >= 0.6 is 0 Å². The summed E-state index contributed by atoms with van der Waals surface area (Å²) in [7, 11) is 1.60. The molecule has 4 heteroatoms. The van der Waals surface area contributed by atoms with Gasteiger partial charge in [0.15, 0.2) is 0 Å². The van der Waals surface area contributed by atoms with Gasteiger partial charge in [-0.05, 0) is 48.0 Å². The fourth-order valence-corrected chi connectivity index (χ4v) is 2.21. The van der Waals surface area contributed by atoms with Gasteiger partial charge in [0.1, 0.15) is 11.5 Å². The third kappa shape index (κ3) is 2.45. The molecule has 1 heterocycles. The van der Waals surface area contributed by atoms with E-state index in [4.69, 9.17) is 9.47 Å². The summed E-state index contributed by atoms with van der Waals surface area (Å²) in [4.78, 5) is 12.1. The lowest BCUT2D eigenvalue weighted by molar-refractivity contribution is 0.102. The van der Waals surface area contributed by atoms with Crippen LogP contribution in [0, 0.1) is 0 Å². The van der Waals surface area contributed by atoms with Gasteiger partial charge >= 0.3 is 0 Å². The molecule has 1 N–H and O–H groups in total. The Morgan fingerprint density at radius 1 is 1.20 bits per heavy atom. The number of benzene rings is 2. The average Bonchev–Trinajstić information content (AvgIpc) is 2.95. The highest BCUT2D eigenvalue weighted by molar-refractivity contribution is 6.04. The van der Waals surface area contributed by atoms with E-state index in [-0.39, 0.29) is 5.91 Å². The van der Waals surface area contributed by atoms with Gasteiger partial charge in [0.05, 0.1) is 13.7 Å². The molecule has 0 spiro atoms. The number of hydrogen-bond donors (Lipinski definition) is 1. The van der Waals surface area contributed by atoms with Gasteiger partial charge in [-0.3, -0.25) is 4.79 Å². The summed E-state index contributed by atoms with van der Waals surface area (Å²) in [5.74, 6) is 1.51. The molecule has 0 aliphatic carbocycles. The second kappa shape index (κ2) is 5.25. The molecule has 0 saturated carbocycles. The standard InChI is InChI=1S/C16H15NO3/c1-19-14-5-2-11(3-6-14)16(18)17-13-4-7-15-12(10-13)8-9-20-15/h2-7,10H,8-9H2,1H3,(H,17,18). The number of ether oxygens (including phenoxy) is 2. The Morgan fingerprint density at radius 3 is 2.75 bits per heavy atom. The normalized spacial score (nSPS) is 12.4. The lowest BCUT2D eigenvalue weighted by Gasteiger charge is -2.07. The number of fused-ring (bicyclic) bond motifs is 1. The zero-order valence-corrected chi connectivity index (χ0v) is 11.2. The van der Waals surface area contributed by atoms with Gasteiger partial charge in [0.25, 0.3) is 5.91 Å². The second-order valence-electron chi connectivity index (χ2n) is 4.60. The molecular weight excluding hydrogens is 254 g/mol. The molecule has 4 nitrogen and oxygen atoms in total. The Bertz CT molecular complexity index is 635. The number of rotatable bonds is 3. The SMILES string of the molecule is COc1ccc(C(=O)Nc2ccc3c(c2)CCO3)cc1. The van der Waals surface area contributed by atoms with E-state index < -0.39 is 0 Å². The Balaban J connectivity index is 1.75. The summed E-state index contributed by atoms with van der Waals surface area (Å²) in [5, 5.41) is 2.89. The average molecular weight is 269 g/mol. The molecule has 2 aromatic rings. The maximum absolute atomic E-state index is 12.1. The molecular formula is C16H15NO3. The van der Waals surface area contributed by atoms with Crippen molar-refractivity contribution in [3.8, 4) is 11.5 Å². The van der Waals surface area contributed by atoms with Gasteiger partial charge in [0, 0.05) is 17.7 Å². The van der Waals surface area contributed by atoms with Crippen LogP contribution in [0.4, 0.5) is 5.69 Å². The van der Waals surface area contributed by atoms with Crippen molar-refractivity contribution in [3.05, 3.63) is 53.6 Å². The lowest BCUT2D eigenvalue weighted by Crippen LogP contribution is -2.11. The van der Waals surface area contributed by atoms with Crippen molar-refractivity contribution in [1.82, 2.24) is 0 Å². The minimum atomic E-state index is -0.133. The van der Waals surface area contributed by atoms with Crippen LogP contribution in [0.25, 0.3) is 0 Å². The number of methoxy groups -OCH3 is 1. The van der Waals surface area contributed by atoms with Crippen LogP contribution in [0.1, 0.15) is 15.9 Å². The van der Waals surface area contributed by atoms with Gasteiger partial charge in [-0.1, -0.05) is 0 Å². The van der Waals surface area contributed by atoms with E-state index in [1.807, 2.05) is 18.2 Å². The molecule has 0 aromatic heterocycles. The van der Waals surface area contributed by atoms with Crippen LogP contribution < -0.4 is 14.8 Å². The van der Waals surface area contributed by atoms with Crippen molar-refractivity contribution in [2.24, 2.45) is 0 Å². The van der Waals surface area contributed by atoms with Crippen LogP contribution in [-0.4, -0.2) is 19.6 Å². The number of nitrogens with one attached hydrogen (secondary N) is 1. The van der Waals surface area contributed by atoms with E-state index in [9.17, 15) is 4.79 Å². The first kappa shape index (κ1) is 12.5. The second-order valence-corrected chi connectivity index (χ2v) is 4.60. The lowest BCUT2D eigenvalue weighted by atomic mass is 10.1.